The molecule has 0 heterocycles. The molecule has 1 amide bonds. The van der Waals surface area contributed by atoms with Gasteiger partial charge in [0.2, 0.25) is 5.91 Å². The monoisotopic (exact) mass is 306 g/mol. The Morgan fingerprint density at radius 2 is 1.91 bits per heavy atom. The van der Waals surface area contributed by atoms with Gasteiger partial charge in [-0.05, 0) is 31.2 Å². The van der Waals surface area contributed by atoms with E-state index < -0.39 is 16.8 Å². The van der Waals surface area contributed by atoms with Crippen LogP contribution in [0.3, 0.4) is 0 Å². The van der Waals surface area contributed by atoms with Crippen LogP contribution in [0, 0.1) is 22.0 Å². The van der Waals surface area contributed by atoms with Crippen LogP contribution in [0.2, 0.25) is 0 Å². The molecule has 22 heavy (non-hydrogen) atoms. The number of aliphatic carboxylic acids is 1. The lowest BCUT2D eigenvalue weighted by atomic mass is 10.1. The van der Waals surface area contributed by atoms with Crippen molar-refractivity contribution in [1.82, 2.24) is 5.32 Å². The number of nitro benzene ring substituents is 1. The largest absolute Gasteiger partial charge is 0.481 e. The molecule has 2 atom stereocenters. The molecule has 0 aliphatic heterocycles. The Hall–Kier alpha value is -2.44. The van der Waals surface area contributed by atoms with Gasteiger partial charge in [-0.15, -0.1) is 0 Å². The Labute approximate surface area is 127 Å². The molecule has 0 bridgehead atoms. The summed E-state index contributed by atoms with van der Waals surface area (Å²) < 4.78 is 0. The number of hydrogen-bond acceptors (Lipinski definition) is 4. The highest BCUT2D eigenvalue weighted by molar-refractivity contribution is 5.89. The number of benzene rings is 1. The molecular weight excluding hydrogens is 288 g/mol. The Morgan fingerprint density at radius 3 is 2.45 bits per heavy atom. The summed E-state index contributed by atoms with van der Waals surface area (Å²) in [5.41, 5.74) is 1.10. The number of carboxylic acid groups (broad SMARTS) is 1. The van der Waals surface area contributed by atoms with Crippen LogP contribution in [-0.2, 0) is 16.0 Å². The second kappa shape index (κ2) is 7.02. The number of aryl methyl sites for hydroxylation is 1. The number of hydrogen-bond donors (Lipinski definition) is 2. The van der Waals surface area contributed by atoms with Gasteiger partial charge in [-0.25, -0.2) is 0 Å². The standard InChI is InChI=1S/C15H18N2O5/c18-14(12-9-13(12)15(19)20)16-8-2-1-3-10-4-6-11(7-5-10)17(21)22/h4-7,12-13H,1-3,8-9H2,(H,16,18)(H,19,20). The van der Waals surface area contributed by atoms with Crippen molar-refractivity contribution in [1.29, 1.82) is 0 Å². The lowest BCUT2D eigenvalue weighted by Crippen LogP contribution is -2.27. The van der Waals surface area contributed by atoms with Crippen LogP contribution in [0.25, 0.3) is 0 Å². The molecule has 2 unspecified atom stereocenters. The van der Waals surface area contributed by atoms with Crippen LogP contribution in [0.5, 0.6) is 0 Å². The number of carbonyl (C=O) groups excluding carboxylic acids is 1. The predicted octanol–water partition coefficient (Wildman–Crippen LogP) is 1.75. The molecular formula is C15H18N2O5. The molecule has 1 aliphatic rings. The summed E-state index contributed by atoms with van der Waals surface area (Å²) in [5, 5.41) is 22.0. The molecule has 7 heteroatoms. The molecule has 0 aromatic heterocycles. The van der Waals surface area contributed by atoms with E-state index in [9.17, 15) is 19.7 Å². The van der Waals surface area contributed by atoms with E-state index in [0.29, 0.717) is 13.0 Å². The smallest absolute Gasteiger partial charge is 0.307 e. The SMILES string of the molecule is O=C(O)C1CC1C(=O)NCCCCc1ccc([N+](=O)[O-])cc1. The number of unbranched alkanes of at least 4 members (excludes halogenated alkanes) is 1. The third kappa shape index (κ3) is 4.28. The Balaban J connectivity index is 1.60. The zero-order valence-electron chi connectivity index (χ0n) is 12.0. The highest BCUT2D eigenvalue weighted by Gasteiger charge is 2.48. The van der Waals surface area contributed by atoms with Crippen molar-refractivity contribution in [3.8, 4) is 0 Å². The van der Waals surface area contributed by atoms with Crippen LogP contribution in [-0.4, -0.2) is 28.5 Å². The van der Waals surface area contributed by atoms with Crippen molar-refractivity contribution in [2.75, 3.05) is 6.54 Å². The van der Waals surface area contributed by atoms with E-state index in [2.05, 4.69) is 5.32 Å². The number of nitrogens with zero attached hydrogens (tertiary/aromatic N) is 1. The van der Waals surface area contributed by atoms with E-state index in [0.717, 1.165) is 24.8 Å². The van der Waals surface area contributed by atoms with Gasteiger partial charge in [-0.3, -0.25) is 19.7 Å². The Bertz CT molecular complexity index is 570. The van der Waals surface area contributed by atoms with Crippen molar-refractivity contribution >= 4 is 17.6 Å². The van der Waals surface area contributed by atoms with Gasteiger partial charge in [0.1, 0.15) is 0 Å². The Morgan fingerprint density at radius 1 is 1.23 bits per heavy atom. The first-order valence-corrected chi connectivity index (χ1v) is 7.23. The van der Waals surface area contributed by atoms with E-state index >= 15 is 0 Å². The number of nitrogens with one attached hydrogen (secondary N) is 1. The summed E-state index contributed by atoms with van der Waals surface area (Å²) in [6, 6.07) is 6.43. The van der Waals surface area contributed by atoms with Crippen molar-refractivity contribution in [2.24, 2.45) is 11.8 Å². The van der Waals surface area contributed by atoms with Gasteiger partial charge in [0, 0.05) is 18.7 Å². The predicted molar refractivity (Wildman–Crippen MR) is 78.3 cm³/mol. The summed E-state index contributed by atoms with van der Waals surface area (Å²) in [6.45, 7) is 0.522. The molecule has 7 nitrogen and oxygen atoms in total. The van der Waals surface area contributed by atoms with E-state index in [-0.39, 0.29) is 17.5 Å². The average molecular weight is 306 g/mol. The highest BCUT2D eigenvalue weighted by atomic mass is 16.6. The van der Waals surface area contributed by atoms with Crippen LogP contribution >= 0.6 is 0 Å². The van der Waals surface area contributed by atoms with E-state index in [1.165, 1.54) is 12.1 Å². The molecule has 0 spiro atoms. The number of carboxylic acids is 1. The zero-order valence-corrected chi connectivity index (χ0v) is 12.0. The second-order valence-electron chi connectivity index (χ2n) is 5.46. The maximum Gasteiger partial charge on any atom is 0.307 e. The van der Waals surface area contributed by atoms with E-state index in [4.69, 9.17) is 5.11 Å². The lowest BCUT2D eigenvalue weighted by molar-refractivity contribution is -0.384. The van der Waals surface area contributed by atoms with Gasteiger partial charge >= 0.3 is 5.97 Å². The number of rotatable bonds is 8. The number of nitro groups is 1. The quantitative estimate of drug-likeness (QED) is 0.432. The summed E-state index contributed by atoms with van der Waals surface area (Å²) >= 11 is 0. The van der Waals surface area contributed by atoms with Crippen LogP contribution in [0.1, 0.15) is 24.8 Å². The zero-order chi connectivity index (χ0) is 16.1. The van der Waals surface area contributed by atoms with E-state index in [1.54, 1.807) is 12.1 Å². The van der Waals surface area contributed by atoms with E-state index in [1.807, 2.05) is 0 Å². The van der Waals surface area contributed by atoms with Gasteiger partial charge in [-0.1, -0.05) is 12.1 Å². The molecule has 1 aliphatic carbocycles. The van der Waals surface area contributed by atoms with Crippen molar-refractivity contribution in [2.45, 2.75) is 25.7 Å². The fourth-order valence-corrected chi connectivity index (χ4v) is 2.34. The summed E-state index contributed by atoms with van der Waals surface area (Å²) in [4.78, 5) is 32.4. The average Bonchev–Trinajstić information content (AvgIpc) is 3.28. The summed E-state index contributed by atoms with van der Waals surface area (Å²) in [6.07, 6.45) is 2.86. The van der Waals surface area contributed by atoms with Crippen LogP contribution in [0.15, 0.2) is 24.3 Å². The summed E-state index contributed by atoms with van der Waals surface area (Å²) in [5.74, 6) is -1.96. The molecule has 0 saturated heterocycles. The van der Waals surface area contributed by atoms with Crippen molar-refractivity contribution in [3.05, 3.63) is 39.9 Å². The first-order valence-electron chi connectivity index (χ1n) is 7.23. The first kappa shape index (κ1) is 15.9. The highest BCUT2D eigenvalue weighted by Crippen LogP contribution is 2.38. The fraction of sp³-hybridized carbons (Fsp3) is 0.467. The minimum absolute atomic E-state index is 0.0773. The minimum Gasteiger partial charge on any atom is -0.481 e. The van der Waals surface area contributed by atoms with Crippen LogP contribution < -0.4 is 5.32 Å². The number of amides is 1. The van der Waals surface area contributed by atoms with Crippen LogP contribution in [0.4, 0.5) is 5.69 Å². The Kier molecular flexibility index (Phi) is 5.08. The minimum atomic E-state index is -0.904. The van der Waals surface area contributed by atoms with Gasteiger partial charge in [0.15, 0.2) is 0 Å². The molecule has 1 aromatic rings. The van der Waals surface area contributed by atoms with Crippen molar-refractivity contribution < 1.29 is 19.6 Å². The molecule has 2 N–H and O–H groups in total. The lowest BCUT2D eigenvalue weighted by Gasteiger charge is -2.04. The van der Waals surface area contributed by atoms with Gasteiger partial charge in [0.05, 0.1) is 16.8 Å². The molecule has 1 aromatic carbocycles. The fourth-order valence-electron chi connectivity index (χ4n) is 2.34. The number of carbonyl (C=O) groups is 2. The van der Waals surface area contributed by atoms with Crippen molar-refractivity contribution in [3.63, 3.8) is 0 Å². The molecule has 1 fully saturated rings. The topological polar surface area (TPSA) is 110 Å². The maximum absolute atomic E-state index is 11.6. The third-order valence-corrected chi connectivity index (χ3v) is 3.78. The third-order valence-electron chi connectivity index (χ3n) is 3.78. The number of non-ortho nitro benzene ring substituents is 1. The first-order chi connectivity index (χ1) is 10.5. The molecule has 0 radical (unpaired) electrons. The van der Waals surface area contributed by atoms with Gasteiger partial charge in [-0.2, -0.15) is 0 Å². The summed E-state index contributed by atoms with van der Waals surface area (Å²) in [7, 11) is 0. The second-order valence-corrected chi connectivity index (χ2v) is 5.46. The molecule has 1 saturated carbocycles. The van der Waals surface area contributed by atoms with Gasteiger partial charge < -0.3 is 10.4 Å². The molecule has 118 valence electrons. The molecule has 2 rings (SSSR count). The normalized spacial score (nSPS) is 19.5. The van der Waals surface area contributed by atoms with Gasteiger partial charge in [0.25, 0.3) is 5.69 Å². The maximum atomic E-state index is 11.6.